The molecule has 2 aliphatic heterocycles. The quantitative estimate of drug-likeness (QED) is 0.450. The number of nitrogens with zero attached hydrogens (tertiary/aromatic N) is 4. The molecule has 4 aromatic rings. The number of carbonyl (C=O) groups excluding carboxylic acids is 1. The van der Waals surface area contributed by atoms with Crippen molar-refractivity contribution in [3.63, 3.8) is 0 Å². The first-order valence-corrected chi connectivity index (χ1v) is 12.0. The van der Waals surface area contributed by atoms with E-state index in [2.05, 4.69) is 21.7 Å². The molecule has 0 unspecified atom stereocenters. The highest BCUT2D eigenvalue weighted by Gasteiger charge is 2.45. The standard InChI is InChI=1S/C27H23F2N5O2/c1-33-21-11-20(23-16(26(33)35)3-2-4-22(23)36-27(28)29)34-19-10-13(6-8-18(19)32-25(21)34)15-9-14-5-7-17(30)24(14)31-12-15/h2-4,6,8-10,12,17,20-21,27H,5,7,11,30H2,1H3/t17-,20-,21-/m1/s1. The maximum absolute atomic E-state index is 13.3. The number of aryl methyl sites for hydroxylation is 1. The van der Waals surface area contributed by atoms with E-state index in [0.29, 0.717) is 17.5 Å². The van der Waals surface area contributed by atoms with E-state index in [1.165, 1.54) is 11.6 Å². The molecule has 2 N–H and O–H groups in total. The number of carbonyl (C=O) groups is 1. The second-order valence-electron chi connectivity index (χ2n) is 9.74. The summed E-state index contributed by atoms with van der Waals surface area (Å²) in [5.41, 5.74) is 12.8. The molecule has 7 rings (SSSR count). The Hall–Kier alpha value is -3.85. The number of imidazole rings is 1. The molecule has 0 saturated carbocycles. The number of fused-ring (bicyclic) bond motifs is 10. The molecule has 0 radical (unpaired) electrons. The van der Waals surface area contributed by atoms with E-state index in [1.54, 1.807) is 24.1 Å². The number of aromatic nitrogens is 3. The van der Waals surface area contributed by atoms with Crippen LogP contribution in [0.3, 0.4) is 0 Å². The van der Waals surface area contributed by atoms with Crippen molar-refractivity contribution in [3.8, 4) is 16.9 Å². The van der Waals surface area contributed by atoms with E-state index in [9.17, 15) is 13.6 Å². The summed E-state index contributed by atoms with van der Waals surface area (Å²) in [6.07, 6.45) is 4.21. The van der Waals surface area contributed by atoms with Gasteiger partial charge in [0.1, 0.15) is 11.6 Å². The molecule has 2 aromatic heterocycles. The van der Waals surface area contributed by atoms with Crippen molar-refractivity contribution in [2.75, 3.05) is 7.05 Å². The molecular formula is C27H23F2N5O2. The van der Waals surface area contributed by atoms with E-state index < -0.39 is 6.61 Å². The Morgan fingerprint density at radius 1 is 1.14 bits per heavy atom. The van der Waals surface area contributed by atoms with Crippen LogP contribution in [0.15, 0.2) is 48.7 Å². The van der Waals surface area contributed by atoms with Crippen LogP contribution < -0.4 is 10.5 Å². The molecule has 0 saturated heterocycles. The van der Waals surface area contributed by atoms with E-state index in [0.717, 1.165) is 46.5 Å². The van der Waals surface area contributed by atoms with E-state index in [-0.39, 0.29) is 29.8 Å². The van der Waals surface area contributed by atoms with Gasteiger partial charge >= 0.3 is 6.61 Å². The van der Waals surface area contributed by atoms with Gasteiger partial charge in [0, 0.05) is 42.4 Å². The molecule has 9 heteroatoms. The van der Waals surface area contributed by atoms with Crippen LogP contribution in [-0.2, 0) is 6.42 Å². The minimum absolute atomic E-state index is 0.0118. The fraction of sp³-hybridized carbons (Fsp3) is 0.296. The minimum Gasteiger partial charge on any atom is -0.434 e. The molecule has 2 aromatic carbocycles. The molecule has 0 fully saturated rings. The predicted octanol–water partition coefficient (Wildman–Crippen LogP) is 4.77. The van der Waals surface area contributed by atoms with Crippen molar-refractivity contribution in [2.45, 2.75) is 44.0 Å². The number of ether oxygens (including phenoxy) is 1. The van der Waals surface area contributed by atoms with Crippen LogP contribution in [0, 0.1) is 0 Å². The number of benzene rings is 2. The Balaban J connectivity index is 1.42. The van der Waals surface area contributed by atoms with Gasteiger partial charge in [-0.15, -0.1) is 0 Å². The van der Waals surface area contributed by atoms with E-state index in [1.807, 2.05) is 18.3 Å². The summed E-state index contributed by atoms with van der Waals surface area (Å²) in [5.74, 6) is 0.553. The van der Waals surface area contributed by atoms with Crippen LogP contribution >= 0.6 is 0 Å². The lowest BCUT2D eigenvalue weighted by Gasteiger charge is -2.24. The van der Waals surface area contributed by atoms with E-state index >= 15 is 0 Å². The first kappa shape index (κ1) is 21.4. The number of alkyl halides is 2. The topological polar surface area (TPSA) is 86.3 Å². The van der Waals surface area contributed by atoms with Crippen LogP contribution in [-0.4, -0.2) is 39.0 Å². The number of halogens is 2. The highest BCUT2D eigenvalue weighted by Crippen LogP contribution is 2.50. The van der Waals surface area contributed by atoms with Gasteiger partial charge in [0.15, 0.2) is 0 Å². The minimum atomic E-state index is -2.99. The Morgan fingerprint density at radius 2 is 2.00 bits per heavy atom. The lowest BCUT2D eigenvalue weighted by Crippen LogP contribution is -2.30. The largest absolute Gasteiger partial charge is 0.434 e. The fourth-order valence-corrected chi connectivity index (χ4v) is 6.12. The molecule has 2 bridgehead atoms. The summed E-state index contributed by atoms with van der Waals surface area (Å²) >= 11 is 0. The second-order valence-corrected chi connectivity index (χ2v) is 9.74. The molecule has 0 spiro atoms. The molecule has 1 aliphatic carbocycles. The van der Waals surface area contributed by atoms with Crippen molar-refractivity contribution in [1.82, 2.24) is 19.4 Å². The Bertz CT molecular complexity index is 1570. The number of pyridine rings is 1. The van der Waals surface area contributed by atoms with Crippen LogP contribution in [0.1, 0.15) is 64.0 Å². The highest BCUT2D eigenvalue weighted by atomic mass is 19.3. The smallest absolute Gasteiger partial charge is 0.387 e. The van der Waals surface area contributed by atoms with Crippen molar-refractivity contribution < 1.29 is 18.3 Å². The summed E-state index contributed by atoms with van der Waals surface area (Å²) in [4.78, 5) is 24.4. The number of hydrogen-bond acceptors (Lipinski definition) is 5. The summed E-state index contributed by atoms with van der Waals surface area (Å²) < 4.78 is 33.6. The third-order valence-corrected chi connectivity index (χ3v) is 7.82. The maximum atomic E-state index is 13.3. The van der Waals surface area contributed by atoms with Gasteiger partial charge in [-0.3, -0.25) is 9.78 Å². The summed E-state index contributed by atoms with van der Waals surface area (Å²) in [6.45, 7) is -2.99. The number of nitrogens with two attached hydrogens (primary N) is 1. The first-order chi connectivity index (χ1) is 17.4. The second kappa shape index (κ2) is 7.57. The molecule has 3 aliphatic rings. The van der Waals surface area contributed by atoms with Crippen LogP contribution in [0.4, 0.5) is 8.78 Å². The van der Waals surface area contributed by atoms with Gasteiger partial charge in [0.05, 0.1) is 28.8 Å². The van der Waals surface area contributed by atoms with Crippen LogP contribution in [0.25, 0.3) is 22.2 Å². The SMILES string of the molecule is CN1C(=O)c2cccc(OC(F)F)c2[C@H]2C[C@@H]1c1nc3ccc(-c4cnc5c(c4)CC[C@H]5N)cc3n12. The normalized spacial score (nSPS) is 22.1. The Morgan fingerprint density at radius 3 is 2.83 bits per heavy atom. The molecule has 7 nitrogen and oxygen atoms in total. The highest BCUT2D eigenvalue weighted by molar-refractivity contribution is 5.98. The zero-order valence-corrected chi connectivity index (χ0v) is 19.5. The number of rotatable bonds is 3. The zero-order valence-electron chi connectivity index (χ0n) is 19.5. The zero-order chi connectivity index (χ0) is 24.7. The van der Waals surface area contributed by atoms with Crippen LogP contribution in [0.5, 0.6) is 5.75 Å². The average molecular weight is 488 g/mol. The Labute approximate surface area is 205 Å². The van der Waals surface area contributed by atoms with Crippen LogP contribution in [0.2, 0.25) is 0 Å². The van der Waals surface area contributed by atoms with Gasteiger partial charge < -0.3 is 19.9 Å². The fourth-order valence-electron chi connectivity index (χ4n) is 6.12. The lowest BCUT2D eigenvalue weighted by atomic mass is 9.97. The van der Waals surface area contributed by atoms with Crippen molar-refractivity contribution in [3.05, 3.63) is 76.9 Å². The molecule has 3 atom stereocenters. The van der Waals surface area contributed by atoms with Crippen molar-refractivity contribution >= 4 is 16.9 Å². The van der Waals surface area contributed by atoms with Crippen molar-refractivity contribution in [1.29, 1.82) is 0 Å². The monoisotopic (exact) mass is 487 g/mol. The van der Waals surface area contributed by atoms with Gasteiger partial charge in [-0.1, -0.05) is 12.1 Å². The number of hydrogen-bond donors (Lipinski definition) is 1. The molecule has 4 heterocycles. The summed E-state index contributed by atoms with van der Waals surface area (Å²) in [5, 5.41) is 0. The summed E-state index contributed by atoms with van der Waals surface area (Å²) in [6, 6.07) is 12.3. The molecule has 182 valence electrons. The first-order valence-electron chi connectivity index (χ1n) is 12.0. The van der Waals surface area contributed by atoms with E-state index in [4.69, 9.17) is 15.5 Å². The number of amides is 1. The third kappa shape index (κ3) is 2.95. The Kier molecular flexibility index (Phi) is 4.51. The van der Waals surface area contributed by atoms with Gasteiger partial charge in [-0.25, -0.2) is 4.98 Å². The molecule has 1 amide bonds. The predicted molar refractivity (Wildman–Crippen MR) is 129 cm³/mol. The molecular weight excluding hydrogens is 464 g/mol. The van der Waals surface area contributed by atoms with Gasteiger partial charge in [-0.05, 0) is 54.3 Å². The average Bonchev–Trinajstić information content (AvgIpc) is 3.52. The van der Waals surface area contributed by atoms with Gasteiger partial charge in [0.2, 0.25) is 0 Å². The van der Waals surface area contributed by atoms with Gasteiger partial charge in [-0.2, -0.15) is 8.78 Å². The maximum Gasteiger partial charge on any atom is 0.387 e. The molecule has 36 heavy (non-hydrogen) atoms. The lowest BCUT2D eigenvalue weighted by molar-refractivity contribution is -0.0507. The van der Waals surface area contributed by atoms with Gasteiger partial charge in [0.25, 0.3) is 5.91 Å². The third-order valence-electron chi connectivity index (χ3n) is 7.82. The van der Waals surface area contributed by atoms with Crippen molar-refractivity contribution in [2.24, 2.45) is 5.73 Å². The summed E-state index contributed by atoms with van der Waals surface area (Å²) in [7, 11) is 1.74.